The van der Waals surface area contributed by atoms with E-state index in [2.05, 4.69) is 0 Å². The third-order valence-corrected chi connectivity index (χ3v) is 2.45. The zero-order valence-electron chi connectivity index (χ0n) is 10.1. The van der Waals surface area contributed by atoms with Gasteiger partial charge in [-0.2, -0.15) is 5.26 Å². The maximum absolute atomic E-state index is 13.0. The summed E-state index contributed by atoms with van der Waals surface area (Å²) in [6, 6.07) is 5.27. The summed E-state index contributed by atoms with van der Waals surface area (Å²) in [6.45, 7) is 2.39. The lowest BCUT2D eigenvalue weighted by Gasteiger charge is -2.18. The van der Waals surface area contributed by atoms with Crippen LogP contribution in [0.2, 0.25) is 0 Å². The van der Waals surface area contributed by atoms with Crippen LogP contribution in [0.4, 0.5) is 8.78 Å². The van der Waals surface area contributed by atoms with Crippen LogP contribution in [0.25, 0.3) is 0 Å². The second kappa shape index (κ2) is 6.70. The molecule has 0 bridgehead atoms. The second-order valence-corrected chi connectivity index (χ2v) is 3.90. The van der Waals surface area contributed by atoms with Gasteiger partial charge in [0.05, 0.1) is 12.5 Å². The third kappa shape index (κ3) is 3.81. The Balaban J connectivity index is 2.73. The van der Waals surface area contributed by atoms with Gasteiger partial charge in [0.1, 0.15) is 6.54 Å². The highest BCUT2D eigenvalue weighted by molar-refractivity contribution is 5.79. The van der Waals surface area contributed by atoms with E-state index in [-0.39, 0.29) is 18.9 Å². The zero-order valence-corrected chi connectivity index (χ0v) is 10.1. The maximum Gasteiger partial charge on any atom is 0.227 e. The number of nitriles is 1. The molecule has 0 fully saturated rings. The molecule has 0 atom stereocenters. The van der Waals surface area contributed by atoms with Crippen molar-refractivity contribution in [1.82, 2.24) is 4.90 Å². The molecule has 0 aliphatic rings. The Kier molecular flexibility index (Phi) is 5.25. The van der Waals surface area contributed by atoms with Crippen molar-refractivity contribution in [2.45, 2.75) is 19.8 Å². The third-order valence-electron chi connectivity index (χ3n) is 2.45. The molecule has 0 aliphatic carbocycles. The first-order chi connectivity index (χ1) is 8.58. The number of carbonyl (C=O) groups is 1. The van der Waals surface area contributed by atoms with Crippen LogP contribution >= 0.6 is 0 Å². The number of halogens is 2. The standard InChI is InChI=1S/C13H14F2N2O/c1-2-6-17(7-5-16)13(18)9-10-3-4-11(14)12(15)8-10/h3-4,8H,2,6-7,9H2,1H3. The van der Waals surface area contributed by atoms with Crippen LogP contribution < -0.4 is 0 Å². The number of amides is 1. The minimum Gasteiger partial charge on any atom is -0.329 e. The fourth-order valence-corrected chi connectivity index (χ4v) is 1.58. The predicted molar refractivity (Wildman–Crippen MR) is 62.5 cm³/mol. The van der Waals surface area contributed by atoms with Crippen LogP contribution in [-0.4, -0.2) is 23.9 Å². The number of carbonyl (C=O) groups excluding carboxylic acids is 1. The Morgan fingerprint density at radius 1 is 1.39 bits per heavy atom. The van der Waals surface area contributed by atoms with Crippen molar-refractivity contribution in [1.29, 1.82) is 5.26 Å². The van der Waals surface area contributed by atoms with Gasteiger partial charge in [-0.25, -0.2) is 8.78 Å². The molecular formula is C13H14F2N2O. The van der Waals surface area contributed by atoms with Crippen LogP contribution in [0.1, 0.15) is 18.9 Å². The van der Waals surface area contributed by atoms with Crippen molar-refractivity contribution in [2.75, 3.05) is 13.1 Å². The molecular weight excluding hydrogens is 238 g/mol. The molecule has 0 spiro atoms. The normalized spacial score (nSPS) is 9.89. The molecule has 0 unspecified atom stereocenters. The van der Waals surface area contributed by atoms with E-state index in [0.29, 0.717) is 12.1 Å². The van der Waals surface area contributed by atoms with Gasteiger partial charge >= 0.3 is 0 Å². The summed E-state index contributed by atoms with van der Waals surface area (Å²) in [7, 11) is 0. The van der Waals surface area contributed by atoms with Crippen molar-refractivity contribution in [3.63, 3.8) is 0 Å². The minimum absolute atomic E-state index is 0.0103. The summed E-state index contributed by atoms with van der Waals surface area (Å²) in [6.07, 6.45) is 0.712. The highest BCUT2D eigenvalue weighted by Gasteiger charge is 2.13. The number of rotatable bonds is 5. The summed E-state index contributed by atoms with van der Waals surface area (Å²) in [4.78, 5) is 13.3. The molecule has 0 aromatic heterocycles. The Hall–Kier alpha value is -1.96. The first kappa shape index (κ1) is 14.1. The largest absolute Gasteiger partial charge is 0.329 e. The molecule has 0 aliphatic heterocycles. The molecule has 0 N–H and O–H groups in total. The minimum atomic E-state index is -0.970. The van der Waals surface area contributed by atoms with Crippen LogP contribution in [-0.2, 0) is 11.2 Å². The molecule has 5 heteroatoms. The Bertz CT molecular complexity index is 469. The molecule has 1 amide bonds. The van der Waals surface area contributed by atoms with E-state index in [1.54, 1.807) is 0 Å². The van der Waals surface area contributed by atoms with E-state index >= 15 is 0 Å². The Morgan fingerprint density at radius 3 is 2.67 bits per heavy atom. The number of nitrogens with zero attached hydrogens (tertiary/aromatic N) is 2. The summed E-state index contributed by atoms with van der Waals surface area (Å²) in [5.74, 6) is -2.17. The van der Waals surface area contributed by atoms with Crippen molar-refractivity contribution < 1.29 is 13.6 Å². The first-order valence-electron chi connectivity index (χ1n) is 5.67. The number of hydrogen-bond donors (Lipinski definition) is 0. The van der Waals surface area contributed by atoms with Gasteiger partial charge in [-0.15, -0.1) is 0 Å². The van der Waals surface area contributed by atoms with Gasteiger partial charge < -0.3 is 4.90 Å². The first-order valence-corrected chi connectivity index (χ1v) is 5.67. The van der Waals surface area contributed by atoms with Crippen molar-refractivity contribution in [3.8, 4) is 6.07 Å². The predicted octanol–water partition coefficient (Wildman–Crippen LogP) is 2.27. The summed E-state index contributed by atoms with van der Waals surface area (Å²) in [5.41, 5.74) is 0.401. The van der Waals surface area contributed by atoms with E-state index in [4.69, 9.17) is 5.26 Å². The van der Waals surface area contributed by atoms with E-state index in [1.807, 2.05) is 13.0 Å². The molecule has 1 rings (SSSR count). The van der Waals surface area contributed by atoms with Gasteiger partial charge in [0.2, 0.25) is 5.91 Å². The van der Waals surface area contributed by atoms with E-state index < -0.39 is 11.6 Å². The monoisotopic (exact) mass is 252 g/mol. The molecule has 3 nitrogen and oxygen atoms in total. The average Bonchev–Trinajstić information content (AvgIpc) is 2.33. The molecule has 1 aromatic rings. The lowest BCUT2D eigenvalue weighted by Crippen LogP contribution is -2.33. The molecule has 0 saturated carbocycles. The second-order valence-electron chi connectivity index (χ2n) is 3.90. The van der Waals surface area contributed by atoms with Crippen LogP contribution in [0, 0.1) is 23.0 Å². The molecule has 0 saturated heterocycles. The smallest absolute Gasteiger partial charge is 0.227 e. The highest BCUT2D eigenvalue weighted by atomic mass is 19.2. The molecule has 1 aromatic carbocycles. The molecule has 18 heavy (non-hydrogen) atoms. The van der Waals surface area contributed by atoms with Gasteiger partial charge in [0.25, 0.3) is 0 Å². The number of hydrogen-bond acceptors (Lipinski definition) is 2. The molecule has 0 radical (unpaired) electrons. The van der Waals surface area contributed by atoms with Gasteiger partial charge in [-0.1, -0.05) is 13.0 Å². The average molecular weight is 252 g/mol. The van der Waals surface area contributed by atoms with Gasteiger partial charge in [0.15, 0.2) is 11.6 Å². The van der Waals surface area contributed by atoms with Gasteiger partial charge in [-0.3, -0.25) is 4.79 Å². The Morgan fingerprint density at radius 2 is 2.11 bits per heavy atom. The van der Waals surface area contributed by atoms with E-state index in [1.165, 1.54) is 11.0 Å². The van der Waals surface area contributed by atoms with E-state index in [0.717, 1.165) is 18.6 Å². The topological polar surface area (TPSA) is 44.1 Å². The summed E-state index contributed by atoms with van der Waals surface area (Å²) in [5, 5.41) is 8.61. The quantitative estimate of drug-likeness (QED) is 0.754. The Labute approximate surface area is 105 Å². The van der Waals surface area contributed by atoms with Gasteiger partial charge in [0, 0.05) is 6.54 Å². The van der Waals surface area contributed by atoms with Crippen LogP contribution in [0.15, 0.2) is 18.2 Å². The van der Waals surface area contributed by atoms with E-state index in [9.17, 15) is 13.6 Å². The lowest BCUT2D eigenvalue weighted by atomic mass is 10.1. The summed E-state index contributed by atoms with van der Waals surface area (Å²) < 4.78 is 25.7. The van der Waals surface area contributed by atoms with Crippen molar-refractivity contribution >= 4 is 5.91 Å². The highest BCUT2D eigenvalue weighted by Crippen LogP contribution is 2.10. The maximum atomic E-state index is 13.0. The number of benzene rings is 1. The van der Waals surface area contributed by atoms with Gasteiger partial charge in [-0.05, 0) is 24.1 Å². The van der Waals surface area contributed by atoms with Crippen molar-refractivity contribution in [2.24, 2.45) is 0 Å². The zero-order chi connectivity index (χ0) is 13.5. The SMILES string of the molecule is CCCN(CC#N)C(=O)Cc1ccc(F)c(F)c1. The van der Waals surface area contributed by atoms with Crippen LogP contribution in [0.5, 0.6) is 0 Å². The van der Waals surface area contributed by atoms with Crippen LogP contribution in [0.3, 0.4) is 0 Å². The summed E-state index contributed by atoms with van der Waals surface area (Å²) >= 11 is 0. The molecule has 0 heterocycles. The molecule has 96 valence electrons. The lowest BCUT2D eigenvalue weighted by molar-refractivity contribution is -0.129. The fraction of sp³-hybridized carbons (Fsp3) is 0.385. The fourth-order valence-electron chi connectivity index (χ4n) is 1.58. The van der Waals surface area contributed by atoms with Crippen molar-refractivity contribution in [3.05, 3.63) is 35.4 Å².